The number of benzene rings is 1. The minimum Gasteiger partial charge on any atom is -0.462 e. The lowest BCUT2D eigenvalue weighted by atomic mass is 10.1. The third-order valence-corrected chi connectivity index (χ3v) is 3.69. The van der Waals surface area contributed by atoms with Gasteiger partial charge >= 0.3 is 5.97 Å². The normalized spacial score (nSPS) is 10.5. The molecule has 0 saturated heterocycles. The maximum atomic E-state index is 11.7. The number of carbonyl (C=O) groups excluding carboxylic acids is 2. The van der Waals surface area contributed by atoms with Gasteiger partial charge in [0.25, 0.3) is 0 Å². The van der Waals surface area contributed by atoms with Crippen LogP contribution in [0.5, 0.6) is 0 Å². The number of hydrogen-bond donors (Lipinski definition) is 0. The summed E-state index contributed by atoms with van der Waals surface area (Å²) in [5, 5.41) is 0.857. The highest BCUT2D eigenvalue weighted by Crippen LogP contribution is 2.32. The molecular formula is C13H12O3S. The van der Waals surface area contributed by atoms with Crippen LogP contribution in [-0.2, 0) is 4.74 Å². The lowest BCUT2D eigenvalue weighted by molar-refractivity contribution is 0.0530. The van der Waals surface area contributed by atoms with Crippen LogP contribution < -0.4 is 0 Å². The van der Waals surface area contributed by atoms with Gasteiger partial charge in [-0.1, -0.05) is 12.1 Å². The SMILES string of the molecule is CCOC(=O)c1sc2cccc(C)c2c1C=O. The Balaban J connectivity index is 2.69. The molecule has 88 valence electrons. The van der Waals surface area contributed by atoms with Crippen molar-refractivity contribution in [1.29, 1.82) is 0 Å². The first-order valence-corrected chi connectivity index (χ1v) is 6.15. The van der Waals surface area contributed by atoms with E-state index in [-0.39, 0.29) is 0 Å². The minimum absolute atomic E-state index is 0.310. The summed E-state index contributed by atoms with van der Waals surface area (Å²) >= 11 is 1.30. The second kappa shape index (κ2) is 4.67. The first-order valence-electron chi connectivity index (χ1n) is 5.33. The van der Waals surface area contributed by atoms with E-state index in [0.29, 0.717) is 17.0 Å². The van der Waals surface area contributed by atoms with Gasteiger partial charge in [0.1, 0.15) is 4.88 Å². The molecule has 0 bridgehead atoms. The van der Waals surface area contributed by atoms with Crippen LogP contribution in [-0.4, -0.2) is 18.9 Å². The summed E-state index contributed by atoms with van der Waals surface area (Å²) in [6.07, 6.45) is 0.734. The van der Waals surface area contributed by atoms with E-state index in [2.05, 4.69) is 0 Å². The maximum Gasteiger partial charge on any atom is 0.349 e. The number of carbonyl (C=O) groups is 2. The van der Waals surface area contributed by atoms with E-state index in [1.165, 1.54) is 11.3 Å². The first kappa shape index (κ1) is 11.8. The van der Waals surface area contributed by atoms with Crippen molar-refractivity contribution in [3.8, 4) is 0 Å². The number of thiophene rings is 1. The Kier molecular flexibility index (Phi) is 3.24. The van der Waals surface area contributed by atoms with Crippen molar-refractivity contribution in [2.45, 2.75) is 13.8 Å². The molecule has 3 nitrogen and oxygen atoms in total. The fourth-order valence-electron chi connectivity index (χ4n) is 1.81. The van der Waals surface area contributed by atoms with E-state index in [1.807, 2.05) is 25.1 Å². The molecule has 0 spiro atoms. The quantitative estimate of drug-likeness (QED) is 0.619. The van der Waals surface area contributed by atoms with Crippen molar-refractivity contribution in [2.75, 3.05) is 6.61 Å². The molecule has 0 atom stereocenters. The summed E-state index contributed by atoms with van der Waals surface area (Å²) in [7, 11) is 0. The summed E-state index contributed by atoms with van der Waals surface area (Å²) < 4.78 is 5.89. The zero-order valence-electron chi connectivity index (χ0n) is 9.65. The molecule has 2 aromatic rings. The van der Waals surface area contributed by atoms with E-state index in [9.17, 15) is 9.59 Å². The van der Waals surface area contributed by atoms with Crippen molar-refractivity contribution in [2.24, 2.45) is 0 Å². The minimum atomic E-state index is -0.421. The molecule has 0 aliphatic heterocycles. The highest BCUT2D eigenvalue weighted by atomic mass is 32.1. The largest absolute Gasteiger partial charge is 0.462 e. The third-order valence-electron chi connectivity index (χ3n) is 2.54. The number of hydrogen-bond acceptors (Lipinski definition) is 4. The standard InChI is InChI=1S/C13H12O3S/c1-3-16-13(15)12-9(7-14)11-8(2)5-4-6-10(11)17-12/h4-7H,3H2,1-2H3. The van der Waals surface area contributed by atoms with Crippen molar-refractivity contribution in [3.63, 3.8) is 0 Å². The average Bonchev–Trinajstić information content (AvgIpc) is 2.69. The number of esters is 1. The smallest absolute Gasteiger partial charge is 0.349 e. The Morgan fingerprint density at radius 3 is 2.88 bits per heavy atom. The number of ether oxygens (including phenoxy) is 1. The Labute approximate surface area is 103 Å². The molecule has 1 heterocycles. The lowest BCUT2D eigenvalue weighted by Crippen LogP contribution is -2.04. The summed E-state index contributed by atoms with van der Waals surface area (Å²) in [5.41, 5.74) is 1.44. The van der Waals surface area contributed by atoms with E-state index in [4.69, 9.17) is 4.74 Å². The van der Waals surface area contributed by atoms with Gasteiger partial charge in [0.2, 0.25) is 0 Å². The fraction of sp³-hybridized carbons (Fsp3) is 0.231. The second-order valence-electron chi connectivity index (χ2n) is 3.63. The molecule has 17 heavy (non-hydrogen) atoms. The topological polar surface area (TPSA) is 43.4 Å². The zero-order chi connectivity index (χ0) is 12.4. The molecule has 0 fully saturated rings. The van der Waals surface area contributed by atoms with Crippen molar-refractivity contribution < 1.29 is 14.3 Å². The molecule has 0 saturated carbocycles. The van der Waals surface area contributed by atoms with Crippen LogP contribution in [0.3, 0.4) is 0 Å². The van der Waals surface area contributed by atoms with E-state index < -0.39 is 5.97 Å². The molecular weight excluding hydrogens is 236 g/mol. The predicted molar refractivity (Wildman–Crippen MR) is 67.9 cm³/mol. The molecule has 0 N–H and O–H groups in total. The summed E-state index contributed by atoms with van der Waals surface area (Å²) in [5.74, 6) is -0.421. The molecule has 0 aliphatic carbocycles. The van der Waals surface area contributed by atoms with Gasteiger partial charge < -0.3 is 4.74 Å². The molecule has 4 heteroatoms. The van der Waals surface area contributed by atoms with Gasteiger partial charge in [-0.05, 0) is 25.5 Å². The monoisotopic (exact) mass is 248 g/mol. The van der Waals surface area contributed by atoms with Crippen LogP contribution in [0, 0.1) is 6.92 Å². The van der Waals surface area contributed by atoms with Gasteiger partial charge in [0.05, 0.1) is 6.61 Å². The third kappa shape index (κ3) is 1.96. The summed E-state index contributed by atoms with van der Waals surface area (Å²) in [6, 6.07) is 5.75. The second-order valence-corrected chi connectivity index (χ2v) is 4.68. The number of aldehydes is 1. The Hall–Kier alpha value is -1.68. The van der Waals surface area contributed by atoms with E-state index in [1.54, 1.807) is 6.92 Å². The van der Waals surface area contributed by atoms with Crippen LogP contribution in [0.4, 0.5) is 0 Å². The molecule has 2 rings (SSSR count). The summed E-state index contributed by atoms with van der Waals surface area (Å²) in [4.78, 5) is 23.3. The Bertz CT molecular complexity index is 584. The predicted octanol–water partition coefficient (Wildman–Crippen LogP) is 3.20. The van der Waals surface area contributed by atoms with Crippen molar-refractivity contribution in [3.05, 3.63) is 34.2 Å². The van der Waals surface area contributed by atoms with E-state index >= 15 is 0 Å². The van der Waals surface area contributed by atoms with Gasteiger partial charge in [-0.15, -0.1) is 11.3 Å². The fourth-order valence-corrected chi connectivity index (χ4v) is 2.95. The molecule has 0 amide bonds. The molecule has 1 aromatic carbocycles. The van der Waals surface area contributed by atoms with Gasteiger partial charge in [0.15, 0.2) is 6.29 Å². The van der Waals surface area contributed by atoms with Gasteiger partial charge in [0, 0.05) is 15.6 Å². The average molecular weight is 248 g/mol. The molecule has 1 aromatic heterocycles. The number of fused-ring (bicyclic) bond motifs is 1. The van der Waals surface area contributed by atoms with Crippen LogP contribution >= 0.6 is 11.3 Å². The van der Waals surface area contributed by atoms with Crippen molar-refractivity contribution in [1.82, 2.24) is 0 Å². The van der Waals surface area contributed by atoms with Gasteiger partial charge in [-0.2, -0.15) is 0 Å². The van der Waals surface area contributed by atoms with E-state index in [0.717, 1.165) is 21.9 Å². The van der Waals surface area contributed by atoms with Crippen LogP contribution in [0.25, 0.3) is 10.1 Å². The van der Waals surface area contributed by atoms with Crippen LogP contribution in [0.15, 0.2) is 18.2 Å². The Morgan fingerprint density at radius 1 is 1.47 bits per heavy atom. The lowest BCUT2D eigenvalue weighted by Gasteiger charge is -1.99. The van der Waals surface area contributed by atoms with Crippen LogP contribution in [0.2, 0.25) is 0 Å². The highest BCUT2D eigenvalue weighted by molar-refractivity contribution is 7.21. The van der Waals surface area contributed by atoms with Crippen LogP contribution in [0.1, 0.15) is 32.5 Å². The number of aryl methyl sites for hydroxylation is 1. The zero-order valence-corrected chi connectivity index (χ0v) is 10.5. The number of rotatable bonds is 3. The Morgan fingerprint density at radius 2 is 2.24 bits per heavy atom. The summed E-state index contributed by atoms with van der Waals surface area (Å²) in [6.45, 7) is 3.98. The maximum absolute atomic E-state index is 11.7. The van der Waals surface area contributed by atoms with Crippen molar-refractivity contribution >= 4 is 33.7 Å². The molecule has 0 unspecified atom stereocenters. The van der Waals surface area contributed by atoms with Gasteiger partial charge in [-0.25, -0.2) is 4.79 Å². The molecule has 0 aliphatic rings. The molecule has 0 radical (unpaired) electrons. The van der Waals surface area contributed by atoms with Gasteiger partial charge in [-0.3, -0.25) is 4.79 Å². The first-order chi connectivity index (χ1) is 8.19. The highest BCUT2D eigenvalue weighted by Gasteiger charge is 2.19.